The number of likely N-dealkylation sites (N-methyl/N-ethyl adjacent to an activating group) is 1. The molecular weight excluding hydrogens is 354 g/mol. The molecule has 0 bridgehead atoms. The first-order valence-electron chi connectivity index (χ1n) is 8.26. The van der Waals surface area contributed by atoms with Crippen molar-refractivity contribution in [2.75, 3.05) is 30.4 Å². The van der Waals surface area contributed by atoms with E-state index in [1.165, 1.54) is 0 Å². The van der Waals surface area contributed by atoms with Gasteiger partial charge >= 0.3 is 0 Å². The summed E-state index contributed by atoms with van der Waals surface area (Å²) in [5.74, 6) is 0.128. The van der Waals surface area contributed by atoms with E-state index in [4.69, 9.17) is 16.3 Å². The Balaban J connectivity index is 1.76. The van der Waals surface area contributed by atoms with Gasteiger partial charge in [-0.1, -0.05) is 29.8 Å². The second-order valence-electron chi connectivity index (χ2n) is 6.10. The highest BCUT2D eigenvalue weighted by atomic mass is 35.5. The molecule has 1 aliphatic rings. The van der Waals surface area contributed by atoms with Crippen LogP contribution in [-0.4, -0.2) is 38.1 Å². The van der Waals surface area contributed by atoms with Gasteiger partial charge in [0.15, 0.2) is 6.10 Å². The highest BCUT2D eigenvalue weighted by molar-refractivity contribution is 6.33. The molecule has 26 heavy (non-hydrogen) atoms. The molecule has 0 aromatic heterocycles. The van der Waals surface area contributed by atoms with E-state index in [-0.39, 0.29) is 24.9 Å². The molecule has 6 nitrogen and oxygen atoms in total. The summed E-state index contributed by atoms with van der Waals surface area (Å²) in [5.41, 5.74) is 2.35. The number of hydrogen-bond donors (Lipinski definition) is 2. The van der Waals surface area contributed by atoms with Crippen LogP contribution in [0.4, 0.5) is 11.4 Å². The molecule has 2 N–H and O–H groups in total. The largest absolute Gasteiger partial charge is 0.477 e. The summed E-state index contributed by atoms with van der Waals surface area (Å²) in [6.45, 7) is 2.30. The van der Waals surface area contributed by atoms with Crippen LogP contribution in [-0.2, 0) is 9.59 Å². The van der Waals surface area contributed by atoms with E-state index in [1.807, 2.05) is 36.1 Å². The van der Waals surface area contributed by atoms with Crippen molar-refractivity contribution in [1.82, 2.24) is 5.32 Å². The summed E-state index contributed by atoms with van der Waals surface area (Å²) in [7, 11) is 1.56. The van der Waals surface area contributed by atoms with E-state index >= 15 is 0 Å². The summed E-state index contributed by atoms with van der Waals surface area (Å²) in [5, 5.41) is 5.89. The number of aryl methyl sites for hydroxylation is 1. The first kappa shape index (κ1) is 18.1. The Kier molecular flexibility index (Phi) is 5.32. The van der Waals surface area contributed by atoms with Gasteiger partial charge in [0.25, 0.3) is 5.91 Å². The molecule has 0 saturated carbocycles. The molecule has 7 heteroatoms. The lowest BCUT2D eigenvalue weighted by molar-refractivity contribution is -0.127. The molecule has 136 valence electrons. The van der Waals surface area contributed by atoms with E-state index in [0.717, 1.165) is 11.3 Å². The summed E-state index contributed by atoms with van der Waals surface area (Å²) in [4.78, 5) is 26.3. The second-order valence-corrected chi connectivity index (χ2v) is 6.51. The number of nitrogens with zero attached hydrogens (tertiary/aromatic N) is 1. The lowest BCUT2D eigenvalue weighted by Crippen LogP contribution is -2.50. The number of carbonyl (C=O) groups is 2. The molecule has 2 amide bonds. The van der Waals surface area contributed by atoms with Crippen LogP contribution in [0.5, 0.6) is 5.75 Å². The number of hydrogen-bond acceptors (Lipinski definition) is 4. The lowest BCUT2D eigenvalue weighted by atomic mass is 10.1. The van der Waals surface area contributed by atoms with Crippen molar-refractivity contribution in [1.29, 1.82) is 0 Å². The fraction of sp³-hybridized carbons (Fsp3) is 0.263. The molecule has 2 aromatic carbocycles. The van der Waals surface area contributed by atoms with Crippen LogP contribution in [0, 0.1) is 6.92 Å². The quantitative estimate of drug-likeness (QED) is 0.864. The zero-order valence-electron chi connectivity index (χ0n) is 14.6. The summed E-state index contributed by atoms with van der Waals surface area (Å²) in [6, 6.07) is 12.8. The third kappa shape index (κ3) is 3.91. The first-order chi connectivity index (χ1) is 12.5. The number of para-hydroxylation sites is 2. The van der Waals surface area contributed by atoms with Gasteiger partial charge in [0.05, 0.1) is 29.5 Å². The number of benzene rings is 2. The highest BCUT2D eigenvalue weighted by Crippen LogP contribution is 2.33. The van der Waals surface area contributed by atoms with Gasteiger partial charge in [-0.15, -0.1) is 0 Å². The Morgan fingerprint density at radius 3 is 2.77 bits per heavy atom. The van der Waals surface area contributed by atoms with Crippen molar-refractivity contribution >= 4 is 34.8 Å². The zero-order chi connectivity index (χ0) is 18.7. The molecule has 2 aromatic rings. The molecule has 0 saturated heterocycles. The van der Waals surface area contributed by atoms with Gasteiger partial charge in [-0.05, 0) is 36.8 Å². The number of nitrogens with one attached hydrogen (secondary N) is 2. The minimum Gasteiger partial charge on any atom is -0.477 e. The minimum absolute atomic E-state index is 0.0814. The van der Waals surface area contributed by atoms with E-state index in [2.05, 4.69) is 10.6 Å². The predicted octanol–water partition coefficient (Wildman–Crippen LogP) is 2.60. The molecule has 3 rings (SSSR count). The van der Waals surface area contributed by atoms with Gasteiger partial charge in [0.1, 0.15) is 5.75 Å². The standard InChI is InChI=1S/C19H20ClN3O3/c1-12-7-8-14(13(20)9-12)22-18(24)11-23-10-17(19(25)21-2)26-16-6-4-3-5-15(16)23/h3-9,17H,10-11H2,1-2H3,(H,21,25)(H,22,24)/t17-/m0/s1. The van der Waals surface area contributed by atoms with Crippen LogP contribution in [0.3, 0.4) is 0 Å². The molecule has 0 spiro atoms. The SMILES string of the molecule is CNC(=O)[C@@H]1CN(CC(=O)Nc2ccc(C)cc2Cl)c2ccccc2O1. The molecule has 1 heterocycles. The van der Waals surface area contributed by atoms with Crippen LogP contribution < -0.4 is 20.3 Å². The van der Waals surface area contributed by atoms with Crippen molar-refractivity contribution < 1.29 is 14.3 Å². The Hall–Kier alpha value is -2.73. The number of rotatable bonds is 4. The maximum absolute atomic E-state index is 12.5. The summed E-state index contributed by atoms with van der Waals surface area (Å²) >= 11 is 6.18. The molecular formula is C19H20ClN3O3. The summed E-state index contributed by atoms with van der Waals surface area (Å²) < 4.78 is 5.74. The van der Waals surface area contributed by atoms with E-state index in [1.54, 1.807) is 25.2 Å². The number of fused-ring (bicyclic) bond motifs is 1. The second kappa shape index (κ2) is 7.66. The van der Waals surface area contributed by atoms with Crippen LogP contribution in [0.2, 0.25) is 5.02 Å². The van der Waals surface area contributed by atoms with Gasteiger partial charge in [-0.2, -0.15) is 0 Å². The molecule has 0 radical (unpaired) electrons. The number of amides is 2. The maximum atomic E-state index is 12.5. The zero-order valence-corrected chi connectivity index (χ0v) is 15.3. The normalized spacial score (nSPS) is 15.7. The number of anilines is 2. The van der Waals surface area contributed by atoms with Crippen molar-refractivity contribution in [2.45, 2.75) is 13.0 Å². The van der Waals surface area contributed by atoms with Crippen LogP contribution in [0.25, 0.3) is 0 Å². The van der Waals surface area contributed by atoms with Crippen LogP contribution in [0.15, 0.2) is 42.5 Å². The number of ether oxygens (including phenoxy) is 1. The Labute approximate surface area is 157 Å². The highest BCUT2D eigenvalue weighted by Gasteiger charge is 2.31. The average molecular weight is 374 g/mol. The molecule has 0 unspecified atom stereocenters. The third-order valence-electron chi connectivity index (χ3n) is 4.13. The first-order valence-corrected chi connectivity index (χ1v) is 8.64. The number of halogens is 1. The van der Waals surface area contributed by atoms with Gasteiger partial charge in [-0.3, -0.25) is 9.59 Å². The lowest BCUT2D eigenvalue weighted by Gasteiger charge is -2.35. The number of carbonyl (C=O) groups excluding carboxylic acids is 2. The third-order valence-corrected chi connectivity index (χ3v) is 4.45. The smallest absolute Gasteiger partial charge is 0.262 e. The van der Waals surface area contributed by atoms with E-state index in [9.17, 15) is 9.59 Å². The molecule has 1 atom stereocenters. The predicted molar refractivity (Wildman–Crippen MR) is 102 cm³/mol. The van der Waals surface area contributed by atoms with Crippen LogP contribution in [0.1, 0.15) is 5.56 Å². The molecule has 1 aliphatic heterocycles. The average Bonchev–Trinajstić information content (AvgIpc) is 2.63. The minimum atomic E-state index is -0.675. The fourth-order valence-corrected chi connectivity index (χ4v) is 3.12. The monoisotopic (exact) mass is 373 g/mol. The molecule has 0 aliphatic carbocycles. The van der Waals surface area contributed by atoms with Gasteiger partial charge < -0.3 is 20.3 Å². The van der Waals surface area contributed by atoms with Gasteiger partial charge in [-0.25, -0.2) is 0 Å². The van der Waals surface area contributed by atoms with Crippen molar-refractivity contribution in [3.8, 4) is 5.75 Å². The van der Waals surface area contributed by atoms with Crippen molar-refractivity contribution in [3.63, 3.8) is 0 Å². The van der Waals surface area contributed by atoms with Crippen LogP contribution >= 0.6 is 11.6 Å². The Bertz CT molecular complexity index is 841. The molecule has 0 fully saturated rings. The Morgan fingerprint density at radius 2 is 2.04 bits per heavy atom. The Morgan fingerprint density at radius 1 is 1.27 bits per heavy atom. The summed E-state index contributed by atoms with van der Waals surface area (Å²) in [6.07, 6.45) is -0.675. The maximum Gasteiger partial charge on any atom is 0.262 e. The topological polar surface area (TPSA) is 70.7 Å². The van der Waals surface area contributed by atoms with Crippen molar-refractivity contribution in [3.05, 3.63) is 53.1 Å². The van der Waals surface area contributed by atoms with Gasteiger partial charge in [0, 0.05) is 7.05 Å². The van der Waals surface area contributed by atoms with Crippen molar-refractivity contribution in [2.24, 2.45) is 0 Å². The fourth-order valence-electron chi connectivity index (χ4n) is 2.84. The van der Waals surface area contributed by atoms with E-state index in [0.29, 0.717) is 16.5 Å². The van der Waals surface area contributed by atoms with E-state index < -0.39 is 6.10 Å². The van der Waals surface area contributed by atoms with Gasteiger partial charge in [0.2, 0.25) is 5.91 Å².